The third-order valence-electron chi connectivity index (χ3n) is 5.47. The van der Waals surface area contributed by atoms with E-state index in [1.54, 1.807) is 30.4 Å². The normalized spacial score (nSPS) is 15.3. The molecule has 162 valence electrons. The SMILES string of the molecule is CCOC(=O)c1cc2c(c(CSc3nc4sc5c(c4c(=O)[nH]3)CCCC5)c1)OCOC2. The van der Waals surface area contributed by atoms with Crippen LogP contribution in [0.4, 0.5) is 0 Å². The van der Waals surface area contributed by atoms with Gasteiger partial charge in [-0.05, 0) is 50.3 Å². The number of nitrogens with one attached hydrogen (secondary N) is 1. The third kappa shape index (κ3) is 3.97. The Morgan fingerprint density at radius 3 is 3.06 bits per heavy atom. The van der Waals surface area contributed by atoms with Gasteiger partial charge in [0.05, 0.1) is 24.2 Å². The van der Waals surface area contributed by atoms with E-state index in [2.05, 4.69) is 4.98 Å². The molecule has 31 heavy (non-hydrogen) atoms. The number of rotatable bonds is 5. The number of hydrogen-bond acceptors (Lipinski definition) is 8. The second-order valence-corrected chi connectivity index (χ2v) is 9.55. The molecule has 2 aliphatic rings. The molecule has 0 radical (unpaired) electrons. The minimum atomic E-state index is -0.376. The van der Waals surface area contributed by atoms with Crippen molar-refractivity contribution in [1.29, 1.82) is 0 Å². The van der Waals surface area contributed by atoms with Crippen molar-refractivity contribution in [2.45, 2.75) is 50.1 Å². The summed E-state index contributed by atoms with van der Waals surface area (Å²) < 4.78 is 16.2. The topological polar surface area (TPSA) is 90.5 Å². The van der Waals surface area contributed by atoms with Crippen LogP contribution in [0.5, 0.6) is 5.75 Å². The first-order valence-corrected chi connectivity index (χ1v) is 12.1. The van der Waals surface area contributed by atoms with Gasteiger partial charge in [0.1, 0.15) is 10.6 Å². The highest BCUT2D eigenvalue weighted by molar-refractivity contribution is 7.98. The number of esters is 1. The fourth-order valence-corrected chi connectivity index (χ4v) is 6.24. The summed E-state index contributed by atoms with van der Waals surface area (Å²) in [5.41, 5.74) is 3.24. The second-order valence-electron chi connectivity index (χ2n) is 7.51. The van der Waals surface area contributed by atoms with Gasteiger partial charge in [-0.2, -0.15) is 0 Å². The Balaban J connectivity index is 1.45. The van der Waals surface area contributed by atoms with Crippen molar-refractivity contribution in [3.63, 3.8) is 0 Å². The maximum atomic E-state index is 12.8. The molecule has 1 aliphatic heterocycles. The quantitative estimate of drug-likeness (QED) is 0.348. The number of thiophene rings is 1. The molecule has 0 saturated carbocycles. The van der Waals surface area contributed by atoms with Crippen molar-refractivity contribution < 1.29 is 19.0 Å². The third-order valence-corrected chi connectivity index (χ3v) is 7.57. The summed E-state index contributed by atoms with van der Waals surface area (Å²) in [4.78, 5) is 34.8. The highest BCUT2D eigenvalue weighted by Crippen LogP contribution is 2.36. The Morgan fingerprint density at radius 2 is 2.19 bits per heavy atom. The van der Waals surface area contributed by atoms with Gasteiger partial charge in [0, 0.05) is 21.8 Å². The van der Waals surface area contributed by atoms with Gasteiger partial charge in [-0.3, -0.25) is 4.79 Å². The van der Waals surface area contributed by atoms with Gasteiger partial charge in [-0.1, -0.05) is 11.8 Å². The molecule has 0 amide bonds. The summed E-state index contributed by atoms with van der Waals surface area (Å²) in [6.07, 6.45) is 4.29. The largest absolute Gasteiger partial charge is 0.467 e. The van der Waals surface area contributed by atoms with Crippen LogP contribution in [0.1, 0.15) is 51.7 Å². The molecule has 0 spiro atoms. The lowest BCUT2D eigenvalue weighted by atomic mass is 9.97. The molecule has 5 rings (SSSR count). The maximum absolute atomic E-state index is 12.8. The molecule has 0 bridgehead atoms. The summed E-state index contributed by atoms with van der Waals surface area (Å²) in [7, 11) is 0. The van der Waals surface area contributed by atoms with E-state index in [4.69, 9.17) is 19.2 Å². The van der Waals surface area contributed by atoms with Crippen LogP contribution in [0.3, 0.4) is 0 Å². The smallest absolute Gasteiger partial charge is 0.338 e. The number of hydrogen-bond donors (Lipinski definition) is 1. The Bertz CT molecular complexity index is 1220. The average molecular weight is 459 g/mol. The van der Waals surface area contributed by atoms with Gasteiger partial charge < -0.3 is 19.2 Å². The minimum Gasteiger partial charge on any atom is -0.467 e. The van der Waals surface area contributed by atoms with E-state index in [1.807, 2.05) is 0 Å². The minimum absolute atomic E-state index is 0.0705. The van der Waals surface area contributed by atoms with Gasteiger partial charge in [-0.25, -0.2) is 9.78 Å². The molecule has 1 N–H and O–H groups in total. The summed E-state index contributed by atoms with van der Waals surface area (Å²) in [5, 5.41) is 1.32. The lowest BCUT2D eigenvalue weighted by Gasteiger charge is -2.21. The monoisotopic (exact) mass is 458 g/mol. The molecule has 0 fully saturated rings. The number of carbonyl (C=O) groups is 1. The number of ether oxygens (including phenoxy) is 3. The number of fused-ring (bicyclic) bond motifs is 4. The van der Waals surface area contributed by atoms with E-state index < -0.39 is 0 Å². The zero-order valence-corrected chi connectivity index (χ0v) is 18.7. The van der Waals surface area contributed by atoms with Gasteiger partial charge >= 0.3 is 5.97 Å². The number of aryl methyl sites for hydroxylation is 2. The Kier molecular flexibility index (Phi) is 5.73. The number of benzene rings is 1. The lowest BCUT2D eigenvalue weighted by Crippen LogP contribution is -2.15. The van der Waals surface area contributed by atoms with Crippen LogP contribution in [0, 0.1) is 0 Å². The molecular weight excluding hydrogens is 436 g/mol. The van der Waals surface area contributed by atoms with E-state index in [9.17, 15) is 9.59 Å². The zero-order chi connectivity index (χ0) is 21.4. The maximum Gasteiger partial charge on any atom is 0.338 e. The fourth-order valence-electron chi connectivity index (χ4n) is 4.10. The van der Waals surface area contributed by atoms with Crippen LogP contribution < -0.4 is 10.3 Å². The Morgan fingerprint density at radius 1 is 1.32 bits per heavy atom. The lowest BCUT2D eigenvalue weighted by molar-refractivity contribution is -0.0169. The number of aromatic amines is 1. The van der Waals surface area contributed by atoms with Crippen LogP contribution in [-0.4, -0.2) is 29.3 Å². The number of nitrogens with zero attached hydrogens (tertiary/aromatic N) is 1. The van der Waals surface area contributed by atoms with Gasteiger partial charge in [-0.15, -0.1) is 11.3 Å². The first-order chi connectivity index (χ1) is 15.1. The van der Waals surface area contributed by atoms with Crippen molar-refractivity contribution in [3.8, 4) is 5.75 Å². The summed E-state index contributed by atoms with van der Waals surface area (Å²) in [5.74, 6) is 0.843. The van der Waals surface area contributed by atoms with Gasteiger partial charge in [0.15, 0.2) is 11.9 Å². The highest BCUT2D eigenvalue weighted by Gasteiger charge is 2.22. The van der Waals surface area contributed by atoms with E-state index in [0.717, 1.165) is 46.4 Å². The molecule has 7 nitrogen and oxygen atoms in total. The molecule has 3 aromatic rings. The number of carbonyl (C=O) groups excluding carboxylic acids is 1. The number of aromatic nitrogens is 2. The van der Waals surface area contributed by atoms with E-state index >= 15 is 0 Å². The molecule has 0 unspecified atom stereocenters. The van der Waals surface area contributed by atoms with Crippen LogP contribution in [-0.2, 0) is 34.7 Å². The van der Waals surface area contributed by atoms with Crippen molar-refractivity contribution in [3.05, 3.63) is 49.6 Å². The molecule has 3 heterocycles. The standard InChI is InChI=1S/C22H22N2O5S2/c1-2-28-21(26)12-7-13-9-27-11-29-18(13)14(8-12)10-30-22-23-19(25)17-15-5-3-4-6-16(15)31-20(17)24-22/h7-8H,2-6,9-11H2,1H3,(H,23,24,25). The summed E-state index contributed by atoms with van der Waals surface area (Å²) in [6.45, 7) is 2.64. The van der Waals surface area contributed by atoms with Crippen molar-refractivity contribution in [2.24, 2.45) is 0 Å². The van der Waals surface area contributed by atoms with E-state index in [-0.39, 0.29) is 18.3 Å². The zero-order valence-electron chi connectivity index (χ0n) is 17.1. The molecule has 2 aromatic heterocycles. The van der Waals surface area contributed by atoms with Gasteiger partial charge in [0.2, 0.25) is 0 Å². The Labute approximate surface area is 187 Å². The van der Waals surface area contributed by atoms with E-state index in [1.165, 1.54) is 28.6 Å². The first kappa shape index (κ1) is 20.5. The molecule has 0 atom stereocenters. The fraction of sp³-hybridized carbons (Fsp3) is 0.409. The highest BCUT2D eigenvalue weighted by atomic mass is 32.2. The average Bonchev–Trinajstić information content (AvgIpc) is 3.16. The molecule has 1 aliphatic carbocycles. The second kappa shape index (κ2) is 8.64. The van der Waals surface area contributed by atoms with Crippen molar-refractivity contribution in [1.82, 2.24) is 9.97 Å². The van der Waals surface area contributed by atoms with Crippen LogP contribution >= 0.6 is 23.1 Å². The molecular formula is C22H22N2O5S2. The predicted molar refractivity (Wildman–Crippen MR) is 119 cm³/mol. The van der Waals surface area contributed by atoms with E-state index in [0.29, 0.717) is 29.7 Å². The van der Waals surface area contributed by atoms with Crippen LogP contribution in [0.25, 0.3) is 10.2 Å². The first-order valence-electron chi connectivity index (χ1n) is 10.3. The number of thioether (sulfide) groups is 1. The van der Waals surface area contributed by atoms with Gasteiger partial charge in [0.25, 0.3) is 5.56 Å². The van der Waals surface area contributed by atoms with Crippen molar-refractivity contribution >= 4 is 39.3 Å². The van der Waals surface area contributed by atoms with Crippen LogP contribution in [0.15, 0.2) is 22.1 Å². The predicted octanol–water partition coefficient (Wildman–Crippen LogP) is 4.20. The molecule has 1 aromatic carbocycles. The summed E-state index contributed by atoms with van der Waals surface area (Å²) in [6, 6.07) is 3.54. The number of H-pyrrole nitrogens is 1. The summed E-state index contributed by atoms with van der Waals surface area (Å²) >= 11 is 3.06. The molecule has 9 heteroatoms. The molecule has 0 saturated heterocycles. The van der Waals surface area contributed by atoms with Crippen LogP contribution in [0.2, 0.25) is 0 Å². The Hall–Kier alpha value is -2.36. The van der Waals surface area contributed by atoms with Crippen molar-refractivity contribution in [2.75, 3.05) is 13.4 Å².